The van der Waals surface area contributed by atoms with E-state index in [2.05, 4.69) is 4.74 Å². The van der Waals surface area contributed by atoms with Crippen molar-refractivity contribution in [1.82, 2.24) is 0 Å². The van der Waals surface area contributed by atoms with Gasteiger partial charge in [-0.15, -0.1) is 0 Å². The highest BCUT2D eigenvalue weighted by Gasteiger charge is 2.20. The van der Waals surface area contributed by atoms with E-state index in [9.17, 15) is 9.18 Å². The molecule has 0 aliphatic carbocycles. The van der Waals surface area contributed by atoms with Crippen molar-refractivity contribution < 1.29 is 29.2 Å². The normalized spacial score (nSPS) is 12.2. The number of aliphatic carboxylic acids is 1. The number of hydrogen-bond acceptors (Lipinski definition) is 4. The maximum Gasteiger partial charge on any atom is 0.337 e. The Bertz CT molecular complexity index is 390. The van der Waals surface area contributed by atoms with Crippen molar-refractivity contribution in [3.63, 3.8) is 0 Å². The third kappa shape index (κ3) is 2.16. The molecule has 5 nitrogen and oxygen atoms in total. The van der Waals surface area contributed by atoms with Crippen LogP contribution in [0.25, 0.3) is 0 Å². The number of carboxylic acid groups (broad SMARTS) is 1. The van der Waals surface area contributed by atoms with Crippen molar-refractivity contribution in [3.8, 4) is 11.5 Å². The molecule has 1 aromatic rings. The van der Waals surface area contributed by atoms with Crippen LogP contribution in [-0.4, -0.2) is 28.4 Å². The van der Waals surface area contributed by atoms with E-state index in [1.165, 1.54) is 7.11 Å². The molecule has 3 N–H and O–H groups in total. The second-order valence-corrected chi connectivity index (χ2v) is 2.79. The highest BCUT2D eigenvalue weighted by Crippen LogP contribution is 2.32. The number of hydrogen-bond donors (Lipinski definition) is 3. The first-order valence-corrected chi connectivity index (χ1v) is 3.94. The fourth-order valence-electron chi connectivity index (χ4n) is 1.05. The molecule has 1 unspecified atom stereocenters. The number of ether oxygens (including phenoxy) is 1. The maximum atomic E-state index is 13.0. The molecule has 0 saturated carbocycles. The number of phenols is 1. The minimum absolute atomic E-state index is 0.199. The van der Waals surface area contributed by atoms with E-state index in [0.717, 1.165) is 12.1 Å². The second-order valence-electron chi connectivity index (χ2n) is 2.79. The summed E-state index contributed by atoms with van der Waals surface area (Å²) in [5, 5.41) is 26.7. The Morgan fingerprint density at radius 1 is 1.53 bits per heavy atom. The highest BCUT2D eigenvalue weighted by molar-refractivity contribution is 5.74. The molecule has 15 heavy (non-hydrogen) atoms. The van der Waals surface area contributed by atoms with Gasteiger partial charge in [0.2, 0.25) is 0 Å². The fourth-order valence-corrected chi connectivity index (χ4v) is 1.05. The third-order valence-electron chi connectivity index (χ3n) is 1.82. The van der Waals surface area contributed by atoms with Crippen LogP contribution >= 0.6 is 0 Å². The number of rotatable bonds is 3. The summed E-state index contributed by atoms with van der Waals surface area (Å²) in [7, 11) is 1.19. The third-order valence-corrected chi connectivity index (χ3v) is 1.82. The number of halogens is 1. The van der Waals surface area contributed by atoms with Crippen LogP contribution < -0.4 is 4.74 Å². The van der Waals surface area contributed by atoms with Gasteiger partial charge in [-0.3, -0.25) is 0 Å². The molecular weight excluding hydrogens is 207 g/mol. The Hall–Kier alpha value is -1.82. The van der Waals surface area contributed by atoms with Crippen LogP contribution in [0.3, 0.4) is 0 Å². The zero-order valence-electron chi connectivity index (χ0n) is 7.77. The number of phenolic OH excluding ortho intramolecular Hbond substituents is 1. The summed E-state index contributed by atoms with van der Waals surface area (Å²) < 4.78 is 17.6. The van der Waals surface area contributed by atoms with Crippen LogP contribution in [-0.2, 0) is 4.79 Å². The Kier molecular flexibility index (Phi) is 3.11. The predicted octanol–water partition coefficient (Wildman–Crippen LogP) is 0.658. The molecule has 0 heterocycles. The largest absolute Gasteiger partial charge is 0.502 e. The number of aliphatic hydroxyl groups is 1. The molecule has 6 heteroatoms. The van der Waals surface area contributed by atoms with Crippen LogP contribution in [0.4, 0.5) is 4.39 Å². The lowest BCUT2D eigenvalue weighted by molar-refractivity contribution is -0.146. The van der Waals surface area contributed by atoms with E-state index in [-0.39, 0.29) is 11.3 Å². The quantitative estimate of drug-likeness (QED) is 0.690. The lowest BCUT2D eigenvalue weighted by atomic mass is 10.1. The second kappa shape index (κ2) is 4.14. The standard InChI is InChI=1S/C9H9FO5/c1-15-6-3-4(7(11)9(13)14)2-5(10)8(6)12/h2-3,7,11-12H,1H3,(H,13,14). The van der Waals surface area contributed by atoms with E-state index in [4.69, 9.17) is 15.3 Å². The van der Waals surface area contributed by atoms with E-state index >= 15 is 0 Å². The van der Waals surface area contributed by atoms with Gasteiger partial charge in [0.15, 0.2) is 23.4 Å². The number of methoxy groups -OCH3 is 1. The Labute approximate surface area is 84.3 Å². The SMILES string of the molecule is COc1cc(C(O)C(=O)O)cc(F)c1O. The molecule has 0 radical (unpaired) electrons. The lowest BCUT2D eigenvalue weighted by Gasteiger charge is -2.09. The highest BCUT2D eigenvalue weighted by atomic mass is 19.1. The van der Waals surface area contributed by atoms with Crippen LogP contribution in [0.15, 0.2) is 12.1 Å². The number of carboxylic acids is 1. The fraction of sp³-hybridized carbons (Fsp3) is 0.222. The first-order valence-electron chi connectivity index (χ1n) is 3.94. The van der Waals surface area contributed by atoms with E-state index in [1.807, 2.05) is 0 Å². The van der Waals surface area contributed by atoms with E-state index in [0.29, 0.717) is 0 Å². The summed E-state index contributed by atoms with van der Waals surface area (Å²) in [5.74, 6) is -3.52. The average molecular weight is 216 g/mol. The molecule has 1 aromatic carbocycles. The van der Waals surface area contributed by atoms with Gasteiger partial charge in [-0.1, -0.05) is 0 Å². The van der Waals surface area contributed by atoms with Crippen molar-refractivity contribution in [2.75, 3.05) is 7.11 Å². The van der Waals surface area contributed by atoms with Gasteiger partial charge < -0.3 is 20.1 Å². The molecule has 1 atom stereocenters. The summed E-state index contributed by atoms with van der Waals surface area (Å²) in [6.45, 7) is 0. The summed E-state index contributed by atoms with van der Waals surface area (Å²) in [6.07, 6.45) is -1.85. The zero-order valence-corrected chi connectivity index (χ0v) is 7.77. The average Bonchev–Trinajstić information content (AvgIpc) is 2.20. The first kappa shape index (κ1) is 11.3. The van der Waals surface area contributed by atoms with Gasteiger partial charge in [0.1, 0.15) is 0 Å². The Balaban J connectivity index is 3.22. The van der Waals surface area contributed by atoms with Crippen LogP contribution in [0.5, 0.6) is 11.5 Å². The van der Waals surface area contributed by atoms with Crippen molar-refractivity contribution >= 4 is 5.97 Å². The summed E-state index contributed by atoms with van der Waals surface area (Å²) in [5.41, 5.74) is -0.199. The van der Waals surface area contributed by atoms with Crippen LogP contribution in [0.2, 0.25) is 0 Å². The van der Waals surface area contributed by atoms with Gasteiger partial charge in [-0.25, -0.2) is 9.18 Å². The molecule has 0 amide bonds. The molecule has 0 fully saturated rings. The van der Waals surface area contributed by atoms with E-state index < -0.39 is 23.6 Å². The summed E-state index contributed by atoms with van der Waals surface area (Å²) in [6, 6.07) is 1.79. The van der Waals surface area contributed by atoms with Crippen molar-refractivity contribution in [2.24, 2.45) is 0 Å². The Morgan fingerprint density at radius 3 is 2.60 bits per heavy atom. The maximum absolute atomic E-state index is 13.0. The monoisotopic (exact) mass is 216 g/mol. The zero-order chi connectivity index (χ0) is 11.6. The summed E-state index contributed by atoms with van der Waals surface area (Å²) in [4.78, 5) is 10.4. The lowest BCUT2D eigenvalue weighted by Crippen LogP contribution is -2.10. The molecule has 0 saturated heterocycles. The van der Waals surface area contributed by atoms with Gasteiger partial charge in [-0.05, 0) is 17.7 Å². The van der Waals surface area contributed by atoms with Gasteiger partial charge in [0, 0.05) is 0 Å². The molecule has 82 valence electrons. The molecule has 0 aromatic heterocycles. The van der Waals surface area contributed by atoms with Crippen molar-refractivity contribution in [1.29, 1.82) is 0 Å². The van der Waals surface area contributed by atoms with Crippen LogP contribution in [0.1, 0.15) is 11.7 Å². The molecule has 0 spiro atoms. The molecule has 0 aliphatic rings. The smallest absolute Gasteiger partial charge is 0.337 e. The van der Waals surface area contributed by atoms with Gasteiger partial charge in [0.25, 0.3) is 0 Å². The summed E-state index contributed by atoms with van der Waals surface area (Å²) >= 11 is 0. The molecular formula is C9H9FO5. The molecule has 1 rings (SSSR count). The molecule has 0 bridgehead atoms. The number of aliphatic hydroxyl groups excluding tert-OH is 1. The number of aromatic hydroxyl groups is 1. The van der Waals surface area contributed by atoms with Gasteiger partial charge in [-0.2, -0.15) is 0 Å². The Morgan fingerprint density at radius 2 is 2.13 bits per heavy atom. The number of carbonyl (C=O) groups is 1. The number of benzene rings is 1. The topological polar surface area (TPSA) is 87.0 Å². The van der Waals surface area contributed by atoms with Crippen molar-refractivity contribution in [2.45, 2.75) is 6.10 Å². The van der Waals surface area contributed by atoms with Crippen molar-refractivity contribution in [3.05, 3.63) is 23.5 Å². The van der Waals surface area contributed by atoms with Gasteiger partial charge >= 0.3 is 5.97 Å². The van der Waals surface area contributed by atoms with Crippen LogP contribution in [0, 0.1) is 5.82 Å². The minimum Gasteiger partial charge on any atom is -0.502 e. The minimum atomic E-state index is -1.85. The van der Waals surface area contributed by atoms with Gasteiger partial charge in [0.05, 0.1) is 7.11 Å². The first-order chi connectivity index (χ1) is 6.97. The molecule has 0 aliphatic heterocycles. The predicted molar refractivity (Wildman–Crippen MR) is 47.2 cm³/mol. The van der Waals surface area contributed by atoms with E-state index in [1.54, 1.807) is 0 Å².